The van der Waals surface area contributed by atoms with Gasteiger partial charge in [-0.3, -0.25) is 4.79 Å². The number of nitrogens with one attached hydrogen (secondary N) is 1. The normalized spacial score (nSPS) is 18.7. The number of nitrogens with zero attached hydrogens (tertiary/aromatic N) is 2. The Bertz CT molecular complexity index is 621. The molecule has 1 aliphatic heterocycles. The van der Waals surface area contributed by atoms with Crippen molar-refractivity contribution in [2.45, 2.75) is 24.0 Å². The predicted octanol–water partition coefficient (Wildman–Crippen LogP) is 1.46. The Morgan fingerprint density at radius 3 is 2.62 bits per heavy atom. The molecular weight excluding hydrogens is 346 g/mol. The highest BCUT2D eigenvalue weighted by Crippen LogP contribution is 2.29. The van der Waals surface area contributed by atoms with Crippen LogP contribution in [0.4, 0.5) is 0 Å². The van der Waals surface area contributed by atoms with Gasteiger partial charge >= 0.3 is 0 Å². The molecule has 24 heavy (non-hydrogen) atoms. The van der Waals surface area contributed by atoms with Gasteiger partial charge in [0.05, 0.1) is 0 Å². The Morgan fingerprint density at radius 2 is 2.08 bits per heavy atom. The maximum Gasteiger partial charge on any atom is 0.252 e. The highest BCUT2D eigenvalue weighted by Gasteiger charge is 2.33. The van der Waals surface area contributed by atoms with Gasteiger partial charge in [-0.25, -0.2) is 8.42 Å². The second kappa shape index (κ2) is 8.42. The number of rotatable bonds is 7. The molecule has 1 aromatic heterocycles. The molecule has 0 spiro atoms. The molecule has 0 aliphatic carbocycles. The van der Waals surface area contributed by atoms with E-state index < -0.39 is 10.0 Å². The minimum atomic E-state index is -3.37. The van der Waals surface area contributed by atoms with Gasteiger partial charge in [0.15, 0.2) is 0 Å². The van der Waals surface area contributed by atoms with Crippen molar-refractivity contribution in [2.75, 3.05) is 40.3 Å². The van der Waals surface area contributed by atoms with Crippen LogP contribution in [0.5, 0.6) is 0 Å². The quantitative estimate of drug-likeness (QED) is 0.786. The summed E-state index contributed by atoms with van der Waals surface area (Å²) in [6, 6.07) is 3.40. The molecule has 1 aliphatic rings. The number of hydrogen-bond donors (Lipinski definition) is 1. The molecule has 1 atom stereocenters. The van der Waals surface area contributed by atoms with Gasteiger partial charge < -0.3 is 10.2 Å². The fourth-order valence-corrected chi connectivity index (χ4v) is 5.55. The number of thiophene rings is 1. The van der Waals surface area contributed by atoms with E-state index in [0.717, 1.165) is 19.4 Å². The van der Waals surface area contributed by atoms with Gasteiger partial charge in [-0.05, 0) is 44.3 Å². The molecular formula is C16H27N3O3S2. The molecule has 0 saturated carbocycles. The van der Waals surface area contributed by atoms with Crippen LogP contribution in [0, 0.1) is 11.8 Å². The number of sulfonamides is 1. The van der Waals surface area contributed by atoms with Gasteiger partial charge in [-0.15, -0.1) is 11.3 Å². The number of carbonyl (C=O) groups excluding carboxylic acids is 1. The van der Waals surface area contributed by atoms with Crippen molar-refractivity contribution in [2.24, 2.45) is 11.8 Å². The first-order chi connectivity index (χ1) is 11.3. The molecule has 0 unspecified atom stereocenters. The first kappa shape index (κ1) is 19.4. The monoisotopic (exact) mass is 373 g/mol. The van der Waals surface area contributed by atoms with E-state index in [1.54, 1.807) is 21.8 Å². The summed E-state index contributed by atoms with van der Waals surface area (Å²) < 4.78 is 27.0. The Balaban J connectivity index is 1.85. The van der Waals surface area contributed by atoms with E-state index in [2.05, 4.69) is 5.32 Å². The molecule has 136 valence electrons. The van der Waals surface area contributed by atoms with E-state index in [1.807, 2.05) is 25.9 Å². The van der Waals surface area contributed by atoms with Crippen molar-refractivity contribution >= 4 is 27.3 Å². The van der Waals surface area contributed by atoms with Crippen molar-refractivity contribution in [1.29, 1.82) is 0 Å². The van der Waals surface area contributed by atoms with E-state index in [-0.39, 0.29) is 17.7 Å². The lowest BCUT2D eigenvalue weighted by Crippen LogP contribution is -2.43. The first-order valence-corrected chi connectivity index (χ1v) is 10.6. The van der Waals surface area contributed by atoms with E-state index in [1.165, 1.54) is 11.3 Å². The summed E-state index contributed by atoms with van der Waals surface area (Å²) in [6.45, 7) is 4.37. The lowest BCUT2D eigenvalue weighted by molar-refractivity contribution is -0.126. The van der Waals surface area contributed by atoms with E-state index in [4.69, 9.17) is 0 Å². The van der Waals surface area contributed by atoms with Gasteiger partial charge in [-0.2, -0.15) is 4.31 Å². The molecule has 1 amide bonds. The summed E-state index contributed by atoms with van der Waals surface area (Å²) in [5.41, 5.74) is 0. The maximum absolute atomic E-state index is 12.5. The molecule has 6 nitrogen and oxygen atoms in total. The summed E-state index contributed by atoms with van der Waals surface area (Å²) in [6.07, 6.45) is 1.46. The zero-order chi connectivity index (χ0) is 17.7. The van der Waals surface area contributed by atoms with Crippen LogP contribution in [-0.2, 0) is 14.8 Å². The van der Waals surface area contributed by atoms with Crippen LogP contribution >= 0.6 is 11.3 Å². The lowest BCUT2D eigenvalue weighted by Gasteiger charge is -2.33. The first-order valence-electron chi connectivity index (χ1n) is 8.28. The van der Waals surface area contributed by atoms with Gasteiger partial charge in [0.25, 0.3) is 10.0 Å². The van der Waals surface area contributed by atoms with Crippen LogP contribution in [0.15, 0.2) is 21.7 Å². The summed E-state index contributed by atoms with van der Waals surface area (Å²) in [7, 11) is 0.577. The van der Waals surface area contributed by atoms with Crippen molar-refractivity contribution < 1.29 is 13.2 Å². The molecule has 1 N–H and O–H groups in total. The van der Waals surface area contributed by atoms with Crippen LogP contribution in [-0.4, -0.2) is 63.8 Å². The Hall–Kier alpha value is -0.960. The average molecular weight is 374 g/mol. The van der Waals surface area contributed by atoms with Crippen molar-refractivity contribution in [3.8, 4) is 0 Å². The topological polar surface area (TPSA) is 69.7 Å². The average Bonchev–Trinajstić information content (AvgIpc) is 3.09. The standard InChI is InChI=1S/C16H27N3O3S2/c1-13(16(20)17-8-11-18(2)3)14-6-9-19(10-7-14)24(21,22)15-5-4-12-23-15/h4-5,12-14H,6-11H2,1-3H3,(H,17,20)/t13-/m1/s1. The van der Waals surface area contributed by atoms with Crippen LogP contribution in [0.3, 0.4) is 0 Å². The van der Waals surface area contributed by atoms with Gasteiger partial charge in [-0.1, -0.05) is 13.0 Å². The van der Waals surface area contributed by atoms with E-state index in [9.17, 15) is 13.2 Å². The smallest absolute Gasteiger partial charge is 0.252 e. The molecule has 0 radical (unpaired) electrons. The van der Waals surface area contributed by atoms with Crippen molar-refractivity contribution in [1.82, 2.24) is 14.5 Å². The number of amides is 1. The van der Waals surface area contributed by atoms with Crippen LogP contribution in [0.1, 0.15) is 19.8 Å². The van der Waals surface area contributed by atoms with E-state index >= 15 is 0 Å². The van der Waals surface area contributed by atoms with E-state index in [0.29, 0.717) is 23.8 Å². The predicted molar refractivity (Wildman–Crippen MR) is 96.5 cm³/mol. The molecule has 1 aromatic rings. The number of likely N-dealkylation sites (N-methyl/N-ethyl adjacent to an activating group) is 1. The zero-order valence-electron chi connectivity index (χ0n) is 14.6. The second-order valence-electron chi connectivity index (χ2n) is 6.56. The van der Waals surface area contributed by atoms with Crippen molar-refractivity contribution in [3.05, 3.63) is 17.5 Å². The largest absolute Gasteiger partial charge is 0.355 e. The highest BCUT2D eigenvalue weighted by molar-refractivity contribution is 7.91. The molecule has 1 fully saturated rings. The van der Waals surface area contributed by atoms with Gasteiger partial charge in [0.1, 0.15) is 4.21 Å². The molecule has 8 heteroatoms. The highest BCUT2D eigenvalue weighted by atomic mass is 32.2. The Labute approximate surface area is 148 Å². The number of piperidine rings is 1. The molecule has 1 saturated heterocycles. The number of hydrogen-bond acceptors (Lipinski definition) is 5. The Morgan fingerprint density at radius 1 is 1.42 bits per heavy atom. The fourth-order valence-electron chi connectivity index (χ4n) is 2.93. The maximum atomic E-state index is 12.5. The summed E-state index contributed by atoms with van der Waals surface area (Å²) in [4.78, 5) is 14.3. The summed E-state index contributed by atoms with van der Waals surface area (Å²) >= 11 is 1.25. The van der Waals surface area contributed by atoms with Crippen LogP contribution < -0.4 is 5.32 Å². The van der Waals surface area contributed by atoms with Crippen molar-refractivity contribution in [3.63, 3.8) is 0 Å². The summed E-state index contributed by atoms with van der Waals surface area (Å²) in [5.74, 6) is 0.217. The molecule has 2 heterocycles. The fraction of sp³-hybridized carbons (Fsp3) is 0.688. The summed E-state index contributed by atoms with van der Waals surface area (Å²) in [5, 5.41) is 4.74. The SMILES string of the molecule is C[C@@H](C(=O)NCCN(C)C)C1CCN(S(=O)(=O)c2cccs2)CC1. The molecule has 2 rings (SSSR count). The molecule has 0 aromatic carbocycles. The minimum absolute atomic E-state index is 0.0661. The third kappa shape index (κ3) is 4.78. The number of carbonyl (C=O) groups is 1. The lowest BCUT2D eigenvalue weighted by atomic mass is 9.85. The minimum Gasteiger partial charge on any atom is -0.355 e. The second-order valence-corrected chi connectivity index (χ2v) is 9.67. The van der Waals surface area contributed by atoms with Crippen LogP contribution in [0.2, 0.25) is 0 Å². The van der Waals surface area contributed by atoms with Gasteiger partial charge in [0, 0.05) is 32.1 Å². The van der Waals surface area contributed by atoms with Crippen LogP contribution in [0.25, 0.3) is 0 Å². The third-order valence-corrected chi connectivity index (χ3v) is 7.84. The third-order valence-electron chi connectivity index (χ3n) is 4.57. The van der Waals surface area contributed by atoms with Gasteiger partial charge in [0.2, 0.25) is 5.91 Å². The zero-order valence-corrected chi connectivity index (χ0v) is 16.2. The Kier molecular flexibility index (Phi) is 6.79. The molecule has 0 bridgehead atoms.